The first-order valence-corrected chi connectivity index (χ1v) is 9.46. The minimum atomic E-state index is -0.849. The molecule has 2 nitrogen and oxygen atoms in total. The van der Waals surface area contributed by atoms with E-state index in [4.69, 9.17) is 5.11 Å². The van der Waals surface area contributed by atoms with Crippen LogP contribution in [0.3, 0.4) is 0 Å². The van der Waals surface area contributed by atoms with E-state index < -0.39 is 5.97 Å². The molecular formula is C21H23BrO2. The quantitative estimate of drug-likeness (QED) is 0.711. The van der Waals surface area contributed by atoms with Gasteiger partial charge in [0.1, 0.15) is 0 Å². The monoisotopic (exact) mass is 386 g/mol. The third-order valence-corrected chi connectivity index (χ3v) is 5.09. The van der Waals surface area contributed by atoms with E-state index in [0.29, 0.717) is 5.56 Å². The van der Waals surface area contributed by atoms with Crippen LogP contribution in [0.2, 0.25) is 0 Å². The Labute approximate surface area is 152 Å². The van der Waals surface area contributed by atoms with Crippen molar-refractivity contribution in [3.05, 3.63) is 69.7 Å². The molecule has 0 bridgehead atoms. The Balaban J connectivity index is 0.000000143. The molecule has 0 unspecified atom stereocenters. The summed E-state index contributed by atoms with van der Waals surface area (Å²) in [6, 6.07) is 15.9. The Hall–Kier alpha value is -1.61. The Kier molecular flexibility index (Phi) is 5.72. The van der Waals surface area contributed by atoms with E-state index in [9.17, 15) is 4.79 Å². The average molecular weight is 387 g/mol. The van der Waals surface area contributed by atoms with Crippen molar-refractivity contribution in [2.24, 2.45) is 11.8 Å². The van der Waals surface area contributed by atoms with Crippen LogP contribution >= 0.6 is 15.9 Å². The first-order valence-electron chi connectivity index (χ1n) is 8.67. The summed E-state index contributed by atoms with van der Waals surface area (Å²) in [5.41, 5.74) is 3.11. The van der Waals surface area contributed by atoms with E-state index in [0.717, 1.165) is 18.3 Å². The number of hydrogen-bond acceptors (Lipinski definition) is 1. The number of carbonyl (C=O) groups is 1. The lowest BCUT2D eigenvalue weighted by Crippen LogP contribution is -1.96. The first-order chi connectivity index (χ1) is 11.6. The molecule has 0 aliphatic heterocycles. The van der Waals surface area contributed by atoms with Gasteiger partial charge in [0.15, 0.2) is 0 Å². The van der Waals surface area contributed by atoms with Gasteiger partial charge in [-0.1, -0.05) is 40.2 Å². The molecule has 0 aromatic heterocycles. The zero-order valence-electron chi connectivity index (χ0n) is 13.7. The first kappa shape index (κ1) is 17.2. The molecule has 4 rings (SSSR count). The predicted octanol–water partition coefficient (Wildman–Crippen LogP) is 5.74. The fourth-order valence-corrected chi connectivity index (χ4v) is 2.98. The molecule has 2 aromatic rings. The van der Waals surface area contributed by atoms with E-state index >= 15 is 0 Å². The van der Waals surface area contributed by atoms with Gasteiger partial charge in [-0.25, -0.2) is 4.79 Å². The fourth-order valence-electron chi connectivity index (χ4n) is 2.71. The maximum atomic E-state index is 10.5. The molecule has 2 aliphatic rings. The largest absolute Gasteiger partial charge is 0.478 e. The van der Waals surface area contributed by atoms with Crippen LogP contribution in [0.1, 0.15) is 47.2 Å². The summed E-state index contributed by atoms with van der Waals surface area (Å²) in [6.45, 7) is 0. The van der Waals surface area contributed by atoms with Crippen molar-refractivity contribution >= 4 is 21.9 Å². The highest BCUT2D eigenvalue weighted by Gasteiger charge is 2.21. The highest BCUT2D eigenvalue weighted by Crippen LogP contribution is 2.33. The van der Waals surface area contributed by atoms with Gasteiger partial charge in [-0.2, -0.15) is 0 Å². The van der Waals surface area contributed by atoms with Crippen molar-refractivity contribution in [2.75, 3.05) is 0 Å². The average Bonchev–Trinajstić information content (AvgIpc) is 3.47. The third-order valence-electron chi connectivity index (χ3n) is 4.56. The van der Waals surface area contributed by atoms with Gasteiger partial charge >= 0.3 is 5.97 Å². The number of halogens is 1. The fraction of sp³-hybridized carbons (Fsp3) is 0.381. The highest BCUT2D eigenvalue weighted by atomic mass is 79.9. The van der Waals surface area contributed by atoms with Crippen LogP contribution in [0, 0.1) is 11.8 Å². The van der Waals surface area contributed by atoms with Crippen LogP contribution in [0.15, 0.2) is 53.0 Å². The second-order valence-electron chi connectivity index (χ2n) is 6.92. The standard InChI is InChI=1S/C11H12O2.C10H11Br/c12-11(13)10-5-3-9(4-6-10)7-8-1-2-8;11-10-5-3-9(4-6-10)7-8-1-2-8/h3-6,8H,1-2,7H2,(H,12,13);3-6,8H,1-2,7H2. The summed E-state index contributed by atoms with van der Waals surface area (Å²) < 4.78 is 1.18. The number of aromatic carboxylic acids is 1. The van der Waals surface area contributed by atoms with Crippen molar-refractivity contribution < 1.29 is 9.90 Å². The summed E-state index contributed by atoms with van der Waals surface area (Å²) in [7, 11) is 0. The summed E-state index contributed by atoms with van der Waals surface area (Å²) in [5, 5.41) is 8.67. The van der Waals surface area contributed by atoms with Gasteiger partial charge in [-0.05, 0) is 85.8 Å². The molecule has 126 valence electrons. The zero-order valence-corrected chi connectivity index (χ0v) is 15.3. The predicted molar refractivity (Wildman–Crippen MR) is 100 cm³/mol. The SMILES string of the molecule is Brc1ccc(CC2CC2)cc1.O=C(O)c1ccc(CC2CC2)cc1. The molecule has 24 heavy (non-hydrogen) atoms. The summed E-state index contributed by atoms with van der Waals surface area (Å²) in [5.74, 6) is 1.00. The number of benzene rings is 2. The summed E-state index contributed by atoms with van der Waals surface area (Å²) in [6.07, 6.45) is 7.95. The molecule has 1 N–H and O–H groups in total. The maximum absolute atomic E-state index is 10.5. The van der Waals surface area contributed by atoms with Gasteiger partial charge < -0.3 is 5.11 Å². The molecule has 0 heterocycles. The smallest absolute Gasteiger partial charge is 0.335 e. The molecule has 0 saturated heterocycles. The minimum absolute atomic E-state index is 0.375. The van der Waals surface area contributed by atoms with Gasteiger partial charge in [-0.3, -0.25) is 0 Å². The van der Waals surface area contributed by atoms with Crippen LogP contribution < -0.4 is 0 Å². The summed E-state index contributed by atoms with van der Waals surface area (Å²) >= 11 is 3.43. The summed E-state index contributed by atoms with van der Waals surface area (Å²) in [4.78, 5) is 10.5. The molecule has 3 heteroatoms. The van der Waals surface area contributed by atoms with Gasteiger partial charge in [0.05, 0.1) is 5.56 Å². The Bertz CT molecular complexity index is 668. The number of carboxylic acid groups (broad SMARTS) is 1. The van der Waals surface area contributed by atoms with Gasteiger partial charge in [-0.15, -0.1) is 0 Å². The van der Waals surface area contributed by atoms with Crippen molar-refractivity contribution in [1.82, 2.24) is 0 Å². The van der Waals surface area contributed by atoms with E-state index in [2.05, 4.69) is 40.2 Å². The van der Waals surface area contributed by atoms with E-state index in [1.165, 1.54) is 47.7 Å². The van der Waals surface area contributed by atoms with Crippen molar-refractivity contribution in [2.45, 2.75) is 38.5 Å². The normalized spacial score (nSPS) is 16.2. The Morgan fingerprint density at radius 1 is 0.833 bits per heavy atom. The van der Waals surface area contributed by atoms with E-state index in [1.54, 1.807) is 12.1 Å². The molecule has 2 saturated carbocycles. The molecule has 0 radical (unpaired) electrons. The van der Waals surface area contributed by atoms with Crippen LogP contribution in [0.4, 0.5) is 0 Å². The van der Waals surface area contributed by atoms with Gasteiger partial charge in [0.2, 0.25) is 0 Å². The molecule has 2 fully saturated rings. The van der Waals surface area contributed by atoms with Crippen molar-refractivity contribution in [1.29, 1.82) is 0 Å². The zero-order chi connectivity index (χ0) is 16.9. The van der Waals surface area contributed by atoms with Crippen LogP contribution in [0.25, 0.3) is 0 Å². The van der Waals surface area contributed by atoms with E-state index in [-0.39, 0.29) is 0 Å². The van der Waals surface area contributed by atoms with E-state index in [1.807, 2.05) is 12.1 Å². The molecule has 0 spiro atoms. The molecule has 2 aromatic carbocycles. The molecule has 0 atom stereocenters. The minimum Gasteiger partial charge on any atom is -0.478 e. The topological polar surface area (TPSA) is 37.3 Å². The second kappa shape index (κ2) is 7.98. The maximum Gasteiger partial charge on any atom is 0.335 e. The Morgan fingerprint density at radius 2 is 1.25 bits per heavy atom. The van der Waals surface area contributed by atoms with Gasteiger partial charge in [0, 0.05) is 4.47 Å². The molecular weight excluding hydrogens is 364 g/mol. The number of hydrogen-bond donors (Lipinski definition) is 1. The lowest BCUT2D eigenvalue weighted by molar-refractivity contribution is 0.0697. The van der Waals surface area contributed by atoms with Crippen molar-refractivity contribution in [3.63, 3.8) is 0 Å². The van der Waals surface area contributed by atoms with Gasteiger partial charge in [0.25, 0.3) is 0 Å². The van der Waals surface area contributed by atoms with Crippen molar-refractivity contribution in [3.8, 4) is 0 Å². The van der Waals surface area contributed by atoms with Crippen LogP contribution in [0.5, 0.6) is 0 Å². The highest BCUT2D eigenvalue weighted by molar-refractivity contribution is 9.10. The lowest BCUT2D eigenvalue weighted by atomic mass is 10.1. The molecule has 2 aliphatic carbocycles. The number of rotatable bonds is 5. The Morgan fingerprint density at radius 3 is 1.62 bits per heavy atom. The third kappa shape index (κ3) is 5.79. The number of carboxylic acids is 1. The lowest BCUT2D eigenvalue weighted by Gasteiger charge is -1.99. The van der Waals surface area contributed by atoms with Crippen LogP contribution in [-0.4, -0.2) is 11.1 Å². The molecule has 0 amide bonds. The van der Waals surface area contributed by atoms with Crippen LogP contribution in [-0.2, 0) is 12.8 Å². The second-order valence-corrected chi connectivity index (χ2v) is 7.84.